The van der Waals surface area contributed by atoms with Gasteiger partial charge in [-0.15, -0.1) is 0 Å². The number of anilines is 1. The van der Waals surface area contributed by atoms with Gasteiger partial charge in [-0.1, -0.05) is 0 Å². The molecule has 4 nitrogen and oxygen atoms in total. The van der Waals surface area contributed by atoms with E-state index in [-0.39, 0.29) is 5.69 Å². The van der Waals surface area contributed by atoms with Gasteiger partial charge in [-0.2, -0.15) is 0 Å². The Hall–Kier alpha value is -1.91. The first-order chi connectivity index (χ1) is 7.06. The van der Waals surface area contributed by atoms with Crippen molar-refractivity contribution in [2.24, 2.45) is 0 Å². The molecule has 0 aromatic heterocycles. The summed E-state index contributed by atoms with van der Waals surface area (Å²) >= 11 is 0. The Balaban J connectivity index is 3.04. The second-order valence-corrected chi connectivity index (χ2v) is 2.80. The number of imide groups is 1. The third-order valence-corrected chi connectivity index (χ3v) is 1.76. The average molecular weight is 211 g/mol. The summed E-state index contributed by atoms with van der Waals surface area (Å²) in [4.78, 5) is 23.2. The quantitative estimate of drug-likeness (QED) is 0.713. The van der Waals surface area contributed by atoms with Crippen LogP contribution in [0.3, 0.4) is 0 Å². The second-order valence-electron chi connectivity index (χ2n) is 2.80. The van der Waals surface area contributed by atoms with Crippen LogP contribution in [0.15, 0.2) is 24.3 Å². The van der Waals surface area contributed by atoms with Gasteiger partial charge in [0, 0.05) is 6.92 Å². The lowest BCUT2D eigenvalue weighted by molar-refractivity contribution is -0.116. The van der Waals surface area contributed by atoms with Crippen molar-refractivity contribution in [1.82, 2.24) is 0 Å². The van der Waals surface area contributed by atoms with Crippen molar-refractivity contribution in [2.75, 3.05) is 12.0 Å². The topological polar surface area (TPSA) is 46.6 Å². The summed E-state index contributed by atoms with van der Waals surface area (Å²) < 4.78 is 17.0. The van der Waals surface area contributed by atoms with E-state index in [2.05, 4.69) is 4.74 Å². The van der Waals surface area contributed by atoms with E-state index < -0.39 is 17.8 Å². The van der Waals surface area contributed by atoms with Crippen LogP contribution < -0.4 is 4.90 Å². The second kappa shape index (κ2) is 4.54. The lowest BCUT2D eigenvalue weighted by atomic mass is 10.3. The molecule has 0 aliphatic rings. The number of rotatable bonds is 1. The molecule has 0 atom stereocenters. The zero-order chi connectivity index (χ0) is 11.4. The fourth-order valence-electron chi connectivity index (χ4n) is 1.10. The number of carbonyl (C=O) groups is 2. The molecule has 0 spiro atoms. The molecule has 1 aromatic rings. The highest BCUT2D eigenvalue weighted by atomic mass is 19.1. The fraction of sp³-hybridized carbons (Fsp3) is 0.200. The van der Waals surface area contributed by atoms with E-state index in [4.69, 9.17) is 0 Å². The Kier molecular flexibility index (Phi) is 3.38. The van der Waals surface area contributed by atoms with Gasteiger partial charge in [-0.05, 0) is 24.3 Å². The largest absolute Gasteiger partial charge is 0.452 e. The predicted molar refractivity (Wildman–Crippen MR) is 52.0 cm³/mol. The first-order valence-electron chi connectivity index (χ1n) is 4.20. The molecule has 0 aliphatic heterocycles. The van der Waals surface area contributed by atoms with Crippen LogP contribution in [0.5, 0.6) is 0 Å². The number of amides is 2. The molecule has 1 rings (SSSR count). The van der Waals surface area contributed by atoms with Crippen LogP contribution in [0.2, 0.25) is 0 Å². The zero-order valence-corrected chi connectivity index (χ0v) is 8.36. The molecule has 0 saturated carbocycles. The Bertz CT molecular complexity index is 375. The predicted octanol–water partition coefficient (Wildman–Crippen LogP) is 1.95. The third kappa shape index (κ3) is 2.52. The number of benzene rings is 1. The Morgan fingerprint density at radius 3 is 2.20 bits per heavy atom. The summed E-state index contributed by atoms with van der Waals surface area (Å²) in [5.74, 6) is -0.930. The van der Waals surface area contributed by atoms with Crippen molar-refractivity contribution in [3.63, 3.8) is 0 Å². The molecule has 0 heterocycles. The minimum Gasteiger partial charge on any atom is -0.452 e. The molecular formula is C10H10FNO3. The van der Waals surface area contributed by atoms with Crippen molar-refractivity contribution in [3.05, 3.63) is 30.1 Å². The SMILES string of the molecule is COC(=O)N(C(C)=O)c1ccc(F)cc1. The molecule has 0 bridgehead atoms. The van der Waals surface area contributed by atoms with Gasteiger partial charge in [0.05, 0.1) is 12.8 Å². The fourth-order valence-corrected chi connectivity index (χ4v) is 1.10. The average Bonchev–Trinajstić information content (AvgIpc) is 2.20. The van der Waals surface area contributed by atoms with E-state index in [0.717, 1.165) is 17.0 Å². The number of hydrogen-bond donors (Lipinski definition) is 0. The van der Waals surface area contributed by atoms with Crippen LogP contribution >= 0.6 is 0 Å². The van der Waals surface area contributed by atoms with Gasteiger partial charge in [0.1, 0.15) is 5.82 Å². The summed E-state index contributed by atoms with van der Waals surface area (Å²) in [7, 11) is 1.17. The number of carbonyl (C=O) groups excluding carboxylic acids is 2. The molecule has 0 unspecified atom stereocenters. The van der Waals surface area contributed by atoms with Crippen LogP contribution in [0.1, 0.15) is 6.92 Å². The summed E-state index contributed by atoms with van der Waals surface area (Å²) in [6.07, 6.45) is -0.797. The number of methoxy groups -OCH3 is 1. The number of hydrogen-bond acceptors (Lipinski definition) is 3. The van der Waals surface area contributed by atoms with Crippen LogP contribution in [0, 0.1) is 5.82 Å². The standard InChI is InChI=1S/C10H10FNO3/c1-7(13)12(10(14)15-2)9-5-3-8(11)4-6-9/h3-6H,1-2H3. The van der Waals surface area contributed by atoms with Gasteiger partial charge in [-0.3, -0.25) is 4.79 Å². The number of ether oxygens (including phenoxy) is 1. The van der Waals surface area contributed by atoms with E-state index >= 15 is 0 Å². The first-order valence-corrected chi connectivity index (χ1v) is 4.20. The minimum atomic E-state index is -0.797. The summed E-state index contributed by atoms with van der Waals surface area (Å²) in [5.41, 5.74) is 0.274. The van der Waals surface area contributed by atoms with Gasteiger partial charge < -0.3 is 4.74 Å². The zero-order valence-electron chi connectivity index (χ0n) is 8.36. The molecule has 1 aromatic carbocycles. The van der Waals surface area contributed by atoms with E-state index in [0.29, 0.717) is 0 Å². The Labute approximate surface area is 86.3 Å². The van der Waals surface area contributed by atoms with E-state index in [9.17, 15) is 14.0 Å². The highest BCUT2D eigenvalue weighted by Gasteiger charge is 2.20. The van der Waals surface area contributed by atoms with Crippen molar-refractivity contribution in [3.8, 4) is 0 Å². The molecule has 0 fully saturated rings. The first kappa shape index (κ1) is 11.2. The van der Waals surface area contributed by atoms with E-state index in [1.807, 2.05) is 0 Å². The van der Waals surface area contributed by atoms with Gasteiger partial charge in [-0.25, -0.2) is 14.1 Å². The van der Waals surface area contributed by atoms with Gasteiger partial charge >= 0.3 is 6.09 Å². The van der Waals surface area contributed by atoms with Crippen LogP contribution in [-0.2, 0) is 9.53 Å². The normalized spacial score (nSPS) is 9.53. The molecule has 80 valence electrons. The van der Waals surface area contributed by atoms with Crippen molar-refractivity contribution >= 4 is 17.7 Å². The molecule has 2 amide bonds. The van der Waals surface area contributed by atoms with E-state index in [1.165, 1.54) is 26.2 Å². The minimum absolute atomic E-state index is 0.274. The maximum Gasteiger partial charge on any atom is 0.420 e. The maximum absolute atomic E-state index is 12.6. The highest BCUT2D eigenvalue weighted by Crippen LogP contribution is 2.15. The molecule has 0 aliphatic carbocycles. The van der Waals surface area contributed by atoms with Gasteiger partial charge in [0.15, 0.2) is 0 Å². The van der Waals surface area contributed by atoms with Crippen molar-refractivity contribution < 1.29 is 18.7 Å². The maximum atomic E-state index is 12.6. The summed E-state index contributed by atoms with van der Waals surface area (Å²) in [5, 5.41) is 0. The van der Waals surface area contributed by atoms with Gasteiger partial charge in [0.25, 0.3) is 0 Å². The van der Waals surface area contributed by atoms with Crippen LogP contribution in [-0.4, -0.2) is 19.1 Å². The molecule has 0 radical (unpaired) electrons. The summed E-state index contributed by atoms with van der Waals surface area (Å²) in [6, 6.07) is 4.98. The number of nitrogens with zero attached hydrogens (tertiary/aromatic N) is 1. The van der Waals surface area contributed by atoms with Crippen molar-refractivity contribution in [2.45, 2.75) is 6.92 Å². The van der Waals surface area contributed by atoms with Crippen molar-refractivity contribution in [1.29, 1.82) is 0 Å². The Morgan fingerprint density at radius 2 is 1.80 bits per heavy atom. The van der Waals surface area contributed by atoms with E-state index in [1.54, 1.807) is 0 Å². The molecule has 15 heavy (non-hydrogen) atoms. The molecule has 0 N–H and O–H groups in total. The highest BCUT2D eigenvalue weighted by molar-refractivity contribution is 6.11. The van der Waals surface area contributed by atoms with Gasteiger partial charge in [0.2, 0.25) is 5.91 Å². The summed E-state index contributed by atoms with van der Waals surface area (Å²) in [6.45, 7) is 1.22. The third-order valence-electron chi connectivity index (χ3n) is 1.76. The molecule has 0 saturated heterocycles. The monoisotopic (exact) mass is 211 g/mol. The van der Waals surface area contributed by atoms with Crippen LogP contribution in [0.25, 0.3) is 0 Å². The number of halogens is 1. The molecular weight excluding hydrogens is 201 g/mol. The Morgan fingerprint density at radius 1 is 1.27 bits per heavy atom. The molecule has 5 heteroatoms. The smallest absolute Gasteiger partial charge is 0.420 e. The lowest BCUT2D eigenvalue weighted by Gasteiger charge is -2.17. The lowest BCUT2D eigenvalue weighted by Crippen LogP contribution is -2.34. The van der Waals surface area contributed by atoms with Crippen LogP contribution in [0.4, 0.5) is 14.9 Å².